The van der Waals surface area contributed by atoms with Crippen LogP contribution >= 0.6 is 23.5 Å². The number of carboxylic acid groups (broad SMARTS) is 1. The van der Waals surface area contributed by atoms with Crippen molar-refractivity contribution in [3.8, 4) is 11.5 Å². The number of aliphatic hydroxyl groups excluding tert-OH is 3. The van der Waals surface area contributed by atoms with E-state index in [1.807, 2.05) is 24.3 Å². The van der Waals surface area contributed by atoms with Crippen LogP contribution in [-0.4, -0.2) is 219 Å². The minimum Gasteiger partial charge on any atom is -0.508 e. The molecule has 5 aromatic rings. The number of aliphatic carboxylic acids is 1. The highest BCUT2D eigenvalue weighted by atomic mass is 32.2. The number of hydrogen-bond acceptors (Lipinski definition) is 22. The molecule has 2 aromatic heterocycles. The molecule has 3 aromatic carbocycles. The highest BCUT2D eigenvalue weighted by molar-refractivity contribution is 7.98. The second kappa shape index (κ2) is 43.2. The summed E-state index contributed by atoms with van der Waals surface area (Å²) in [6.07, 6.45) is -0.327. The zero-order chi connectivity index (χ0) is 82.6. The number of carbonyl (C=O) groups is 13. The number of thioether (sulfide) groups is 2. The number of imidazole rings is 1. The molecule has 0 saturated heterocycles. The smallest absolute Gasteiger partial charge is 0.303 e. The lowest BCUT2D eigenvalue weighted by molar-refractivity contribution is -0.139. The van der Waals surface area contributed by atoms with Crippen molar-refractivity contribution in [2.45, 2.75) is 202 Å². The normalized spacial score (nSPS) is 23.9. The molecule has 36 heteroatoms. The van der Waals surface area contributed by atoms with E-state index < -0.39 is 187 Å². The SMILES string of the molecule is CCC[C@@H]1NC(=O)[C@H](Cc2ccc(O)cc2)NC(=O)[C@H](CCC(=O)O)NC(=O)[C@H](CCO)NC(=O)[C@H](CC2=CCc3ncccc32)NC(=O)[C@H]([C@@H](C)O)NC(=O)[C@H](Cc2cnc[nH]2)NC(=O)[C@H](Cc2ccc(O)cc2)NC(=O)C(C(C)(C)C)NC(=O)CCSCc2cccc(c2)CSC[C@@H](C(N)=O)NC(=O)[C@H]([C@@H](C)O)NC1=O. The van der Waals surface area contributed by atoms with E-state index in [2.05, 4.69) is 73.4 Å². The monoisotopic (exact) mass is 1600 g/mol. The first-order valence-corrected chi connectivity index (χ1v) is 39.2. The number of nitrogens with two attached hydrogens (primary N) is 1. The number of allylic oxidation sites excluding steroid dienone is 1. The molecule has 13 atom stereocenters. The third kappa shape index (κ3) is 28.0. The number of carbonyl (C=O) groups excluding carboxylic acids is 12. The number of nitrogens with zero attached hydrogens (tertiary/aromatic N) is 2. The number of benzene rings is 3. The van der Waals surface area contributed by atoms with Crippen molar-refractivity contribution in [1.82, 2.24) is 73.4 Å². The molecule has 20 N–H and O–H groups in total. The van der Waals surface area contributed by atoms with E-state index in [1.165, 1.54) is 91.5 Å². The summed E-state index contributed by atoms with van der Waals surface area (Å²) >= 11 is 2.66. The average molecular weight is 1600 g/mol. The molecule has 0 radical (unpaired) electrons. The molecule has 2 aliphatic rings. The summed E-state index contributed by atoms with van der Waals surface area (Å²) in [4.78, 5) is 197. The molecule has 0 fully saturated rings. The van der Waals surface area contributed by atoms with Gasteiger partial charge in [0.05, 0.1) is 24.2 Å². The molecule has 12 amide bonds. The van der Waals surface area contributed by atoms with Gasteiger partial charge in [-0.2, -0.15) is 23.5 Å². The number of aliphatic hydroxyl groups is 3. The molecule has 34 nitrogen and oxygen atoms in total. The minimum atomic E-state index is -1.93. The van der Waals surface area contributed by atoms with Crippen LogP contribution in [0.1, 0.15) is 126 Å². The van der Waals surface area contributed by atoms with Crippen LogP contribution in [0.25, 0.3) is 5.57 Å². The first-order valence-electron chi connectivity index (χ1n) is 36.9. The summed E-state index contributed by atoms with van der Waals surface area (Å²) in [5, 5.41) is 91.4. The fourth-order valence-electron chi connectivity index (χ4n) is 12.3. The Bertz CT molecular complexity index is 4180. The standard InChI is InChI=1S/C77H101N15O19S2/c1-7-10-53-69(104)91-64(42(3)95)75(110)89-60(66(78)101)39-113-38-46-12-8-11-45(31-46)37-112-30-27-61(98)90-65(77(4,5)6)76(111)88-57(33-44-16-21-50(97)22-17-44)71(106)86-59(35-48-36-79-40-81-48)73(108)92-63(41(2)94)74(109)87-58(34-47-18-23-52-51(47)13-9-28-80-52)72(107)84-55(26-29-93)68(103)83-54(24-25-62(99)100)67(102)85-56(70(105)82-53)32-43-14-19-49(96)20-15-43/h8-9,11-22,28,31,36,40-42,53-60,63-65,93-97H,7,10,23-27,29-30,32-35,37-39H2,1-6H3,(H2,78,101)(H,79,81)(H,82,105)(H,83,103)(H,84,107)(H,85,102)(H,86,106)(H,87,109)(H,88,111)(H,89,110)(H,90,98)(H,91,104)(H,92,108)(H,99,100)/t41-,42-,53+,54+,55+,56+,57+,58+,59+,60+,63+,64+,65?/m1/s1. The van der Waals surface area contributed by atoms with Crippen LogP contribution in [0.4, 0.5) is 0 Å². The van der Waals surface area contributed by atoms with E-state index in [0.717, 1.165) is 18.1 Å². The number of amides is 12. The molecule has 0 saturated carbocycles. The first kappa shape index (κ1) is 89.3. The molecule has 1 unspecified atom stereocenters. The summed E-state index contributed by atoms with van der Waals surface area (Å²) in [7, 11) is 0. The van der Waals surface area contributed by atoms with Crippen molar-refractivity contribution in [3.63, 3.8) is 0 Å². The van der Waals surface area contributed by atoms with Gasteiger partial charge in [0, 0.05) is 92.7 Å². The largest absolute Gasteiger partial charge is 0.508 e. The highest BCUT2D eigenvalue weighted by Gasteiger charge is 2.40. The predicted octanol–water partition coefficient (Wildman–Crippen LogP) is -0.483. The highest BCUT2D eigenvalue weighted by Crippen LogP contribution is 2.30. The van der Waals surface area contributed by atoms with Crippen molar-refractivity contribution in [2.75, 3.05) is 18.1 Å². The number of phenolic OH excluding ortho intramolecular Hbond substituents is 2. The lowest BCUT2D eigenvalue weighted by Crippen LogP contribution is -2.63. The summed E-state index contributed by atoms with van der Waals surface area (Å²) < 4.78 is 0. The Labute approximate surface area is 661 Å². The van der Waals surface area contributed by atoms with Gasteiger partial charge in [-0.3, -0.25) is 67.3 Å². The number of aromatic nitrogens is 3. The Kier molecular flexibility index (Phi) is 34.1. The summed E-state index contributed by atoms with van der Waals surface area (Å²) in [6, 6.07) is 4.04. The van der Waals surface area contributed by atoms with Crippen molar-refractivity contribution < 1.29 is 93.0 Å². The van der Waals surface area contributed by atoms with Crippen molar-refractivity contribution in [1.29, 1.82) is 0 Å². The Hall–Kier alpha value is -11.0. The molecular formula is C77H101N15O19S2. The maximum absolute atomic E-state index is 15.0. The predicted molar refractivity (Wildman–Crippen MR) is 417 cm³/mol. The molecular weight excluding hydrogens is 1500 g/mol. The van der Waals surface area contributed by atoms with E-state index in [1.54, 1.807) is 52.1 Å². The number of hydrogen-bond donors (Lipinski definition) is 19. The lowest BCUT2D eigenvalue weighted by Gasteiger charge is -2.32. The van der Waals surface area contributed by atoms with E-state index in [9.17, 15) is 93.0 Å². The number of rotatable bonds is 18. The van der Waals surface area contributed by atoms with Crippen LogP contribution in [0.5, 0.6) is 11.5 Å². The minimum absolute atomic E-state index is 0.0471. The second-order valence-corrected chi connectivity index (χ2v) is 30.9. The number of phenols is 2. The van der Waals surface area contributed by atoms with Crippen LogP contribution in [0.3, 0.4) is 0 Å². The molecule has 3 heterocycles. The van der Waals surface area contributed by atoms with E-state index in [-0.39, 0.29) is 62.2 Å². The number of primary amides is 1. The van der Waals surface area contributed by atoms with Crippen LogP contribution in [0.15, 0.2) is 110 Å². The lowest BCUT2D eigenvalue weighted by atomic mass is 9.85. The molecule has 610 valence electrons. The van der Waals surface area contributed by atoms with Crippen LogP contribution in [0.2, 0.25) is 0 Å². The van der Waals surface area contributed by atoms with Crippen LogP contribution in [-0.2, 0) is 99.5 Å². The van der Waals surface area contributed by atoms with E-state index in [4.69, 9.17) is 5.73 Å². The van der Waals surface area contributed by atoms with Gasteiger partial charge in [-0.05, 0) is 102 Å². The number of pyridine rings is 1. The zero-order valence-corrected chi connectivity index (χ0v) is 65.1. The summed E-state index contributed by atoms with van der Waals surface area (Å²) in [6.45, 7) is 8.33. The van der Waals surface area contributed by atoms with Crippen LogP contribution < -0.4 is 64.2 Å². The average Bonchev–Trinajstić information content (AvgIpc) is 1.38. The van der Waals surface area contributed by atoms with Gasteiger partial charge in [-0.25, -0.2) is 4.98 Å². The molecule has 1 aliphatic heterocycles. The van der Waals surface area contributed by atoms with Gasteiger partial charge < -0.3 is 99.8 Å². The molecule has 0 spiro atoms. The van der Waals surface area contributed by atoms with Gasteiger partial charge in [0.25, 0.3) is 0 Å². The van der Waals surface area contributed by atoms with Crippen molar-refractivity contribution >= 4 is 106 Å². The number of aromatic amines is 1. The van der Waals surface area contributed by atoms with Crippen molar-refractivity contribution in [3.05, 3.63) is 149 Å². The van der Waals surface area contributed by atoms with Gasteiger partial charge in [0.1, 0.15) is 78.0 Å². The summed E-state index contributed by atoms with van der Waals surface area (Å²) in [5.74, 6) is -12.6. The number of H-pyrrole nitrogens is 1. The Morgan fingerprint density at radius 3 is 1.56 bits per heavy atom. The van der Waals surface area contributed by atoms with Gasteiger partial charge in [-0.15, -0.1) is 0 Å². The van der Waals surface area contributed by atoms with E-state index in [0.29, 0.717) is 57.3 Å². The molecule has 7 rings (SSSR count). The number of fused-ring (bicyclic) bond motifs is 3. The molecule has 1 aliphatic carbocycles. The Morgan fingerprint density at radius 2 is 1.04 bits per heavy atom. The zero-order valence-electron chi connectivity index (χ0n) is 63.5. The van der Waals surface area contributed by atoms with Gasteiger partial charge >= 0.3 is 5.97 Å². The maximum atomic E-state index is 15.0. The second-order valence-electron chi connectivity index (χ2n) is 28.7. The summed E-state index contributed by atoms with van der Waals surface area (Å²) in [5.41, 5.74) is 9.21. The number of aromatic hydroxyl groups is 2. The van der Waals surface area contributed by atoms with Crippen molar-refractivity contribution in [2.24, 2.45) is 11.1 Å². The number of carboxylic acids is 1. The van der Waals surface area contributed by atoms with Gasteiger partial charge in [-0.1, -0.05) is 94.8 Å². The topological polar surface area (TPSA) is 543 Å². The number of nitrogens with one attached hydrogen (secondary N) is 12. The van der Waals surface area contributed by atoms with E-state index >= 15 is 0 Å². The molecule has 113 heavy (non-hydrogen) atoms. The maximum Gasteiger partial charge on any atom is 0.303 e. The van der Waals surface area contributed by atoms with Crippen LogP contribution in [0, 0.1) is 5.41 Å². The Morgan fingerprint density at radius 1 is 0.566 bits per heavy atom. The van der Waals surface area contributed by atoms with Gasteiger partial charge in [0.15, 0.2) is 0 Å². The third-order valence-corrected chi connectivity index (χ3v) is 20.6. The fourth-order valence-corrected chi connectivity index (χ4v) is 14.2. The fraction of sp³-hybridized carbons (Fsp3) is 0.468. The first-order chi connectivity index (χ1) is 53.7. The third-order valence-electron chi connectivity index (χ3n) is 18.5. The molecule has 2 bridgehead atoms. The van der Waals surface area contributed by atoms with Gasteiger partial charge in [0.2, 0.25) is 70.9 Å². The Balaban J connectivity index is 1.25. The quantitative estimate of drug-likeness (QED) is 0.0527.